The van der Waals surface area contributed by atoms with E-state index in [4.69, 9.17) is 4.42 Å². The highest BCUT2D eigenvalue weighted by molar-refractivity contribution is 5.93. The Morgan fingerprint density at radius 1 is 1.17 bits per heavy atom. The third-order valence-corrected chi connectivity index (χ3v) is 5.51. The van der Waals surface area contributed by atoms with Gasteiger partial charge in [0.15, 0.2) is 0 Å². The minimum absolute atomic E-state index is 0.131. The van der Waals surface area contributed by atoms with Gasteiger partial charge in [-0.15, -0.1) is 10.2 Å². The lowest BCUT2D eigenvalue weighted by molar-refractivity contribution is 0.0953. The molecule has 0 aliphatic carbocycles. The molecule has 29 heavy (non-hydrogen) atoms. The number of aromatic nitrogens is 3. The quantitative estimate of drug-likeness (QED) is 0.696. The molecule has 0 saturated carbocycles. The van der Waals surface area contributed by atoms with E-state index >= 15 is 0 Å². The van der Waals surface area contributed by atoms with Crippen LogP contribution in [0.5, 0.6) is 0 Å². The van der Waals surface area contributed by atoms with Crippen LogP contribution >= 0.6 is 0 Å². The van der Waals surface area contributed by atoms with E-state index in [0.717, 1.165) is 44.2 Å². The molecule has 1 aromatic carbocycles. The number of aryl methyl sites for hydroxylation is 2. The Morgan fingerprint density at radius 3 is 2.90 bits per heavy atom. The van der Waals surface area contributed by atoms with Crippen molar-refractivity contribution >= 4 is 5.91 Å². The zero-order chi connectivity index (χ0) is 20.2. The summed E-state index contributed by atoms with van der Waals surface area (Å²) in [4.78, 5) is 14.5. The maximum Gasteiger partial charge on any atom is 0.254 e. The van der Waals surface area contributed by atoms with Gasteiger partial charge >= 0.3 is 0 Å². The van der Waals surface area contributed by atoms with Crippen LogP contribution in [0.25, 0.3) is 0 Å². The molecule has 1 N–H and O–H groups in total. The summed E-state index contributed by atoms with van der Waals surface area (Å²) >= 11 is 0. The third kappa shape index (κ3) is 4.56. The van der Waals surface area contributed by atoms with Crippen molar-refractivity contribution in [3.8, 4) is 0 Å². The number of benzene rings is 1. The minimum Gasteiger partial charge on any atom is -0.472 e. The number of hydrogen-bond donors (Lipinski definition) is 1. The molecular weight excluding hydrogens is 366 g/mol. The van der Waals surface area contributed by atoms with Crippen LogP contribution < -0.4 is 5.32 Å². The molecule has 0 fully saturated rings. The largest absolute Gasteiger partial charge is 0.472 e. The first-order valence-electron chi connectivity index (χ1n) is 10.1. The molecule has 7 heteroatoms. The van der Waals surface area contributed by atoms with Gasteiger partial charge in [-0.25, -0.2) is 0 Å². The Kier molecular flexibility index (Phi) is 5.76. The summed E-state index contributed by atoms with van der Waals surface area (Å²) < 4.78 is 7.17. The number of carbonyl (C=O) groups excluding carboxylic acids is 1. The molecule has 0 atom stereocenters. The standard InChI is InChI=1S/C22H27N5O2/c1-16-3-4-17(2)19(13-16)14-26-9-6-21-25-24-20(27(21)11-10-26)5-8-23-22(28)18-7-12-29-15-18/h3-4,7,12-13,15H,5-6,8-11,14H2,1-2H3,(H,23,28). The summed E-state index contributed by atoms with van der Waals surface area (Å²) in [6, 6.07) is 8.31. The van der Waals surface area contributed by atoms with Gasteiger partial charge < -0.3 is 14.3 Å². The third-order valence-electron chi connectivity index (χ3n) is 5.51. The number of carbonyl (C=O) groups is 1. The number of fused-ring (bicyclic) bond motifs is 1. The predicted molar refractivity (Wildman–Crippen MR) is 110 cm³/mol. The number of rotatable bonds is 6. The van der Waals surface area contributed by atoms with Crippen LogP contribution in [0.15, 0.2) is 41.2 Å². The second-order valence-electron chi connectivity index (χ2n) is 7.66. The van der Waals surface area contributed by atoms with Crippen molar-refractivity contribution in [2.24, 2.45) is 0 Å². The zero-order valence-electron chi connectivity index (χ0n) is 17.0. The molecule has 4 rings (SSSR count). The van der Waals surface area contributed by atoms with Gasteiger partial charge in [0.2, 0.25) is 0 Å². The molecule has 3 aromatic rings. The number of nitrogens with one attached hydrogen (secondary N) is 1. The molecule has 1 amide bonds. The highest BCUT2D eigenvalue weighted by atomic mass is 16.3. The summed E-state index contributed by atoms with van der Waals surface area (Å²) in [6.45, 7) is 8.62. The normalized spacial score (nSPS) is 14.4. The molecule has 1 aliphatic rings. The van der Waals surface area contributed by atoms with Crippen molar-refractivity contribution in [1.29, 1.82) is 0 Å². The molecule has 2 aromatic heterocycles. The fourth-order valence-electron chi connectivity index (χ4n) is 3.76. The first-order chi connectivity index (χ1) is 14.1. The molecule has 0 bridgehead atoms. The summed E-state index contributed by atoms with van der Waals surface area (Å²) in [7, 11) is 0. The molecule has 0 radical (unpaired) electrons. The summed E-state index contributed by atoms with van der Waals surface area (Å²) in [5.41, 5.74) is 4.57. The lowest BCUT2D eigenvalue weighted by Gasteiger charge is -2.21. The average Bonchev–Trinajstić information content (AvgIpc) is 3.33. The van der Waals surface area contributed by atoms with Gasteiger partial charge in [-0.2, -0.15) is 0 Å². The van der Waals surface area contributed by atoms with Crippen LogP contribution in [0.2, 0.25) is 0 Å². The van der Waals surface area contributed by atoms with Crippen LogP contribution in [0.3, 0.4) is 0 Å². The van der Waals surface area contributed by atoms with Gasteiger partial charge in [-0.3, -0.25) is 9.69 Å². The molecule has 0 spiro atoms. The number of nitrogens with zero attached hydrogens (tertiary/aromatic N) is 4. The SMILES string of the molecule is Cc1ccc(C)c(CN2CCc3nnc(CCNC(=O)c4ccoc4)n3CC2)c1. The van der Waals surface area contributed by atoms with Crippen LogP contribution in [0, 0.1) is 13.8 Å². The van der Waals surface area contributed by atoms with Crippen molar-refractivity contribution < 1.29 is 9.21 Å². The van der Waals surface area contributed by atoms with E-state index in [2.05, 4.69) is 57.0 Å². The van der Waals surface area contributed by atoms with E-state index in [1.165, 1.54) is 29.2 Å². The summed E-state index contributed by atoms with van der Waals surface area (Å²) in [5.74, 6) is 1.83. The van der Waals surface area contributed by atoms with Crippen LogP contribution in [0.1, 0.15) is 38.7 Å². The van der Waals surface area contributed by atoms with Crippen LogP contribution in [-0.2, 0) is 25.9 Å². The number of hydrogen-bond acceptors (Lipinski definition) is 5. The van der Waals surface area contributed by atoms with E-state index in [1.807, 2.05) is 0 Å². The van der Waals surface area contributed by atoms with Crippen molar-refractivity contribution in [2.45, 2.75) is 39.8 Å². The van der Waals surface area contributed by atoms with Crippen LogP contribution in [-0.4, -0.2) is 45.2 Å². The van der Waals surface area contributed by atoms with Crippen molar-refractivity contribution in [1.82, 2.24) is 25.0 Å². The van der Waals surface area contributed by atoms with Crippen molar-refractivity contribution in [3.05, 3.63) is 70.7 Å². The minimum atomic E-state index is -0.131. The fraction of sp³-hybridized carbons (Fsp3) is 0.409. The van der Waals surface area contributed by atoms with Gasteiger partial charge in [-0.05, 0) is 31.0 Å². The van der Waals surface area contributed by atoms with Crippen molar-refractivity contribution in [2.75, 3.05) is 19.6 Å². The maximum absolute atomic E-state index is 12.0. The second-order valence-corrected chi connectivity index (χ2v) is 7.66. The second kappa shape index (κ2) is 8.61. The molecule has 0 saturated heterocycles. The molecular formula is C22H27N5O2. The van der Waals surface area contributed by atoms with Gasteiger partial charge in [0.25, 0.3) is 5.91 Å². The monoisotopic (exact) mass is 393 g/mol. The Bertz CT molecular complexity index is 977. The van der Waals surface area contributed by atoms with E-state index in [0.29, 0.717) is 18.5 Å². The van der Waals surface area contributed by atoms with Gasteiger partial charge in [-0.1, -0.05) is 23.8 Å². The Morgan fingerprint density at radius 2 is 2.07 bits per heavy atom. The Hall–Kier alpha value is -2.93. The predicted octanol–water partition coefficient (Wildman–Crippen LogP) is 2.52. The van der Waals surface area contributed by atoms with Gasteiger partial charge in [0, 0.05) is 45.6 Å². The Balaban J connectivity index is 1.34. The lowest BCUT2D eigenvalue weighted by atomic mass is 10.1. The highest BCUT2D eigenvalue weighted by Gasteiger charge is 2.19. The zero-order valence-corrected chi connectivity index (χ0v) is 17.0. The summed E-state index contributed by atoms with van der Waals surface area (Å²) in [6.07, 6.45) is 4.49. The van der Waals surface area contributed by atoms with E-state index in [1.54, 1.807) is 6.07 Å². The maximum atomic E-state index is 12.0. The van der Waals surface area contributed by atoms with E-state index in [9.17, 15) is 4.79 Å². The topological polar surface area (TPSA) is 76.2 Å². The first-order valence-corrected chi connectivity index (χ1v) is 10.1. The summed E-state index contributed by atoms with van der Waals surface area (Å²) in [5, 5.41) is 11.7. The van der Waals surface area contributed by atoms with Crippen molar-refractivity contribution in [3.63, 3.8) is 0 Å². The fourth-order valence-corrected chi connectivity index (χ4v) is 3.76. The van der Waals surface area contributed by atoms with Crippen LogP contribution in [0.4, 0.5) is 0 Å². The molecule has 152 valence electrons. The lowest BCUT2D eigenvalue weighted by Crippen LogP contribution is -2.28. The van der Waals surface area contributed by atoms with Gasteiger partial charge in [0.05, 0.1) is 11.8 Å². The Labute approximate surface area is 170 Å². The van der Waals surface area contributed by atoms with Gasteiger partial charge in [0.1, 0.15) is 17.9 Å². The average molecular weight is 393 g/mol. The first kappa shape index (κ1) is 19.4. The number of amides is 1. The number of furan rings is 1. The molecule has 3 heterocycles. The molecule has 7 nitrogen and oxygen atoms in total. The highest BCUT2D eigenvalue weighted by Crippen LogP contribution is 2.16. The van der Waals surface area contributed by atoms with E-state index in [-0.39, 0.29) is 5.91 Å². The molecule has 0 unspecified atom stereocenters. The smallest absolute Gasteiger partial charge is 0.254 e. The van der Waals surface area contributed by atoms with E-state index < -0.39 is 0 Å². The molecule has 1 aliphatic heterocycles.